The third-order valence-corrected chi connectivity index (χ3v) is 4.04. The van der Waals surface area contributed by atoms with Crippen LogP contribution in [-0.2, 0) is 14.8 Å². The van der Waals surface area contributed by atoms with Crippen LogP contribution in [0.5, 0.6) is 0 Å². The Labute approximate surface area is 129 Å². The van der Waals surface area contributed by atoms with Crippen LogP contribution in [0, 0.1) is 0 Å². The summed E-state index contributed by atoms with van der Waals surface area (Å²) in [6.45, 7) is 0.666. The van der Waals surface area contributed by atoms with E-state index in [4.69, 9.17) is 11.6 Å². The van der Waals surface area contributed by atoms with Crippen LogP contribution < -0.4 is 10.0 Å². The van der Waals surface area contributed by atoms with Gasteiger partial charge in [0.25, 0.3) is 0 Å². The maximum Gasteiger partial charge on any atom is 0.339 e. The summed E-state index contributed by atoms with van der Waals surface area (Å²) in [7, 11) is -0.932. The minimum absolute atomic E-state index is 0. The molecule has 0 spiro atoms. The van der Waals surface area contributed by atoms with Crippen LogP contribution in [0.25, 0.3) is 0 Å². The molecule has 0 heterocycles. The molecule has 0 aromatic heterocycles. The van der Waals surface area contributed by atoms with Crippen molar-refractivity contribution in [3.63, 3.8) is 0 Å². The van der Waals surface area contributed by atoms with Gasteiger partial charge in [0.05, 0.1) is 17.6 Å². The van der Waals surface area contributed by atoms with E-state index in [1.54, 1.807) is 7.05 Å². The van der Waals surface area contributed by atoms with E-state index < -0.39 is 16.0 Å². The molecule has 0 aliphatic carbocycles. The molecule has 0 atom stereocenters. The van der Waals surface area contributed by atoms with Gasteiger partial charge < -0.3 is 10.1 Å². The lowest BCUT2D eigenvalue weighted by Crippen LogP contribution is -2.31. The highest BCUT2D eigenvalue weighted by Crippen LogP contribution is 2.21. The van der Waals surface area contributed by atoms with E-state index in [0.717, 1.165) is 0 Å². The van der Waals surface area contributed by atoms with Crippen molar-refractivity contribution in [2.75, 3.05) is 27.2 Å². The standard InChI is InChI=1S/C11H15ClN2O4S.ClH/c1-13-5-6-14-19(16,17)10-7-8(12)3-4-9(10)11(15)18-2;/h3-4,7,13-14H,5-6H2,1-2H3;1H. The molecular weight excluding hydrogens is 327 g/mol. The highest BCUT2D eigenvalue weighted by atomic mass is 35.5. The van der Waals surface area contributed by atoms with E-state index in [0.29, 0.717) is 6.54 Å². The molecule has 2 N–H and O–H groups in total. The highest BCUT2D eigenvalue weighted by Gasteiger charge is 2.23. The van der Waals surface area contributed by atoms with Crippen LogP contribution in [0.4, 0.5) is 0 Å². The first-order valence-electron chi connectivity index (χ1n) is 5.44. The van der Waals surface area contributed by atoms with Gasteiger partial charge in [-0.05, 0) is 25.2 Å². The zero-order valence-electron chi connectivity index (χ0n) is 11.0. The van der Waals surface area contributed by atoms with E-state index in [1.165, 1.54) is 25.3 Å². The molecule has 9 heteroatoms. The number of likely N-dealkylation sites (N-methyl/N-ethyl adjacent to an activating group) is 1. The highest BCUT2D eigenvalue weighted by molar-refractivity contribution is 7.89. The molecule has 1 aromatic carbocycles. The molecule has 0 aliphatic rings. The Bertz CT molecular complexity index is 564. The molecule has 1 aromatic rings. The number of hydrogen-bond donors (Lipinski definition) is 2. The van der Waals surface area contributed by atoms with E-state index in [9.17, 15) is 13.2 Å². The Morgan fingerprint density at radius 2 is 2.00 bits per heavy atom. The Morgan fingerprint density at radius 1 is 1.35 bits per heavy atom. The second kappa shape index (κ2) is 8.43. The van der Waals surface area contributed by atoms with E-state index in [1.807, 2.05) is 0 Å². The quantitative estimate of drug-likeness (QED) is 0.596. The lowest BCUT2D eigenvalue weighted by molar-refractivity contribution is 0.0596. The topological polar surface area (TPSA) is 84.5 Å². The number of ether oxygens (including phenoxy) is 1. The van der Waals surface area contributed by atoms with Gasteiger partial charge in [-0.3, -0.25) is 0 Å². The summed E-state index contributed by atoms with van der Waals surface area (Å²) in [4.78, 5) is 11.4. The average Bonchev–Trinajstić information content (AvgIpc) is 2.38. The van der Waals surface area contributed by atoms with Crippen LogP contribution in [0.15, 0.2) is 23.1 Å². The number of carbonyl (C=O) groups is 1. The summed E-state index contributed by atoms with van der Waals surface area (Å²) in [5.74, 6) is -0.731. The van der Waals surface area contributed by atoms with Gasteiger partial charge >= 0.3 is 5.97 Å². The van der Waals surface area contributed by atoms with Gasteiger partial charge in [0.15, 0.2) is 0 Å². The molecule has 0 radical (unpaired) electrons. The van der Waals surface area contributed by atoms with E-state index in [2.05, 4.69) is 14.8 Å². The van der Waals surface area contributed by atoms with Crippen molar-refractivity contribution in [2.45, 2.75) is 4.90 Å². The fraction of sp³-hybridized carbons (Fsp3) is 0.364. The first kappa shape index (κ1) is 19.1. The van der Waals surface area contributed by atoms with Crippen LogP contribution in [-0.4, -0.2) is 41.6 Å². The largest absolute Gasteiger partial charge is 0.465 e. The third-order valence-electron chi connectivity index (χ3n) is 2.31. The third kappa shape index (κ3) is 4.92. The molecule has 0 amide bonds. The fourth-order valence-electron chi connectivity index (χ4n) is 1.39. The number of benzene rings is 1. The zero-order valence-corrected chi connectivity index (χ0v) is 13.4. The zero-order chi connectivity index (χ0) is 14.5. The average molecular weight is 343 g/mol. The van der Waals surface area contributed by atoms with Crippen LogP contribution in [0.3, 0.4) is 0 Å². The molecule has 0 unspecified atom stereocenters. The lowest BCUT2D eigenvalue weighted by Gasteiger charge is -2.10. The molecule has 1 rings (SSSR count). The first-order valence-corrected chi connectivity index (χ1v) is 7.30. The summed E-state index contributed by atoms with van der Waals surface area (Å²) in [5, 5.41) is 3.03. The second-order valence-electron chi connectivity index (χ2n) is 3.63. The molecule has 20 heavy (non-hydrogen) atoms. The van der Waals surface area contributed by atoms with Crippen LogP contribution >= 0.6 is 24.0 Å². The fourth-order valence-corrected chi connectivity index (χ4v) is 2.87. The van der Waals surface area contributed by atoms with Crippen molar-refractivity contribution in [1.82, 2.24) is 10.0 Å². The van der Waals surface area contributed by atoms with Crippen molar-refractivity contribution in [3.8, 4) is 0 Å². The number of carbonyl (C=O) groups excluding carboxylic acids is 1. The molecular formula is C11H16Cl2N2O4S. The predicted octanol–water partition coefficient (Wildman–Crippen LogP) is 1.05. The monoisotopic (exact) mass is 342 g/mol. The lowest BCUT2D eigenvalue weighted by atomic mass is 10.2. The van der Waals surface area contributed by atoms with Gasteiger partial charge in [0.2, 0.25) is 10.0 Å². The Kier molecular flexibility index (Phi) is 8.07. The number of hydrogen-bond acceptors (Lipinski definition) is 5. The maximum atomic E-state index is 12.1. The minimum Gasteiger partial charge on any atom is -0.465 e. The predicted molar refractivity (Wildman–Crippen MR) is 79.2 cm³/mol. The number of rotatable bonds is 6. The normalized spacial score (nSPS) is 10.8. The van der Waals surface area contributed by atoms with Crippen LogP contribution in [0.1, 0.15) is 10.4 Å². The Balaban J connectivity index is 0.00000361. The van der Waals surface area contributed by atoms with Gasteiger partial charge in [-0.15, -0.1) is 12.4 Å². The van der Waals surface area contributed by atoms with Gasteiger partial charge in [-0.2, -0.15) is 0 Å². The number of methoxy groups -OCH3 is 1. The molecule has 0 saturated carbocycles. The van der Waals surface area contributed by atoms with Gasteiger partial charge in [-0.1, -0.05) is 11.6 Å². The Hall–Kier alpha value is -0.860. The molecule has 0 saturated heterocycles. The molecule has 0 aliphatic heterocycles. The smallest absolute Gasteiger partial charge is 0.339 e. The van der Waals surface area contributed by atoms with E-state index in [-0.39, 0.29) is 34.4 Å². The minimum atomic E-state index is -3.82. The molecule has 0 fully saturated rings. The summed E-state index contributed by atoms with van der Waals surface area (Å²) in [6.07, 6.45) is 0. The first-order chi connectivity index (χ1) is 8.92. The second-order valence-corrected chi connectivity index (χ2v) is 5.81. The summed E-state index contributed by atoms with van der Waals surface area (Å²) in [5.41, 5.74) is -0.0520. The van der Waals surface area contributed by atoms with Crippen molar-refractivity contribution < 1.29 is 17.9 Å². The summed E-state index contributed by atoms with van der Waals surface area (Å²) >= 11 is 5.78. The molecule has 0 bridgehead atoms. The number of sulfonamides is 1. The van der Waals surface area contributed by atoms with Gasteiger partial charge in [-0.25, -0.2) is 17.9 Å². The maximum absolute atomic E-state index is 12.1. The summed E-state index contributed by atoms with van der Waals surface area (Å²) < 4.78 is 31.1. The number of halogens is 2. The van der Waals surface area contributed by atoms with Crippen LogP contribution in [0.2, 0.25) is 5.02 Å². The van der Waals surface area contributed by atoms with Crippen molar-refractivity contribution in [2.24, 2.45) is 0 Å². The van der Waals surface area contributed by atoms with Crippen molar-refractivity contribution >= 4 is 40.0 Å². The van der Waals surface area contributed by atoms with Crippen molar-refractivity contribution in [1.29, 1.82) is 0 Å². The molecule has 6 nitrogen and oxygen atoms in total. The number of esters is 1. The van der Waals surface area contributed by atoms with Crippen molar-refractivity contribution in [3.05, 3.63) is 28.8 Å². The summed E-state index contributed by atoms with van der Waals surface area (Å²) in [6, 6.07) is 3.97. The van der Waals surface area contributed by atoms with Gasteiger partial charge in [0.1, 0.15) is 0 Å². The SMILES string of the molecule is CNCCNS(=O)(=O)c1cc(Cl)ccc1C(=O)OC.Cl. The number of nitrogens with one attached hydrogen (secondary N) is 2. The Morgan fingerprint density at radius 3 is 2.55 bits per heavy atom. The van der Waals surface area contributed by atoms with E-state index >= 15 is 0 Å². The molecule has 114 valence electrons. The van der Waals surface area contributed by atoms with Gasteiger partial charge in [0, 0.05) is 18.1 Å².